The number of carbonyl (C=O) groups is 1. The van der Waals surface area contributed by atoms with Crippen LogP contribution in [0.5, 0.6) is 0 Å². The molecule has 0 aliphatic rings. The van der Waals surface area contributed by atoms with Gasteiger partial charge in [0.25, 0.3) is 5.91 Å². The van der Waals surface area contributed by atoms with Crippen LogP contribution < -0.4 is 5.32 Å². The molecule has 0 bridgehead atoms. The molecule has 1 aromatic heterocycles. The molecule has 0 aliphatic heterocycles. The quantitative estimate of drug-likeness (QED) is 0.626. The van der Waals surface area contributed by atoms with Gasteiger partial charge >= 0.3 is 0 Å². The molecule has 0 atom stereocenters. The maximum atomic E-state index is 12.8. The van der Waals surface area contributed by atoms with Gasteiger partial charge in [-0.15, -0.1) is 0 Å². The lowest BCUT2D eigenvalue weighted by atomic mass is 9.95. The molecule has 0 fully saturated rings. The molecule has 0 aliphatic carbocycles. The minimum atomic E-state index is -1.03. The summed E-state index contributed by atoms with van der Waals surface area (Å²) in [5.41, 5.74) is 2.32. The van der Waals surface area contributed by atoms with Crippen LogP contribution in [0.1, 0.15) is 41.1 Å². The van der Waals surface area contributed by atoms with Crippen molar-refractivity contribution in [1.29, 1.82) is 0 Å². The lowest BCUT2D eigenvalue weighted by Crippen LogP contribution is -2.16. The van der Waals surface area contributed by atoms with E-state index in [-0.39, 0.29) is 5.91 Å². The number of fused-ring (bicyclic) bond motifs is 1. The summed E-state index contributed by atoms with van der Waals surface area (Å²) in [4.78, 5) is 12.8. The van der Waals surface area contributed by atoms with Gasteiger partial charge in [-0.05, 0) is 61.3 Å². The van der Waals surface area contributed by atoms with E-state index in [4.69, 9.17) is 4.42 Å². The second-order valence-electron chi connectivity index (χ2n) is 6.66. The molecule has 1 amide bonds. The molecule has 2 N–H and O–H groups in total. The van der Waals surface area contributed by atoms with Gasteiger partial charge in [-0.2, -0.15) is 0 Å². The van der Waals surface area contributed by atoms with Gasteiger partial charge in [0.05, 0.1) is 16.9 Å². The number of carbonyl (C=O) groups excluding carboxylic acids is 1. The standard InChI is InChI=1S/C20H20BrNO3/c1-11-7-5-9-14(21)16(11)19(23)22-15-10-6-8-13-17(20(3,4)24)12(2)25-18(13)15/h5-10,24H,1-4H3,(H,22,23). The van der Waals surface area contributed by atoms with Crippen LogP contribution in [0, 0.1) is 13.8 Å². The van der Waals surface area contributed by atoms with E-state index in [2.05, 4.69) is 21.2 Å². The molecule has 25 heavy (non-hydrogen) atoms. The minimum Gasteiger partial charge on any atom is -0.459 e. The number of rotatable bonds is 3. The van der Waals surface area contributed by atoms with E-state index in [0.717, 1.165) is 21.0 Å². The van der Waals surface area contributed by atoms with E-state index < -0.39 is 5.60 Å². The number of hydrogen-bond acceptors (Lipinski definition) is 3. The van der Waals surface area contributed by atoms with E-state index >= 15 is 0 Å². The Morgan fingerprint density at radius 3 is 2.48 bits per heavy atom. The van der Waals surface area contributed by atoms with Crippen molar-refractivity contribution in [3.05, 3.63) is 63.3 Å². The third-order valence-corrected chi connectivity index (χ3v) is 4.86. The van der Waals surface area contributed by atoms with Crippen LogP contribution in [0.3, 0.4) is 0 Å². The first-order valence-electron chi connectivity index (χ1n) is 8.01. The summed E-state index contributed by atoms with van der Waals surface area (Å²) >= 11 is 3.44. The van der Waals surface area contributed by atoms with E-state index in [1.807, 2.05) is 44.2 Å². The van der Waals surface area contributed by atoms with Gasteiger partial charge in [0, 0.05) is 15.4 Å². The first-order valence-corrected chi connectivity index (χ1v) is 8.81. The summed E-state index contributed by atoms with van der Waals surface area (Å²) < 4.78 is 6.61. The second kappa shape index (κ2) is 6.32. The van der Waals surface area contributed by atoms with Crippen molar-refractivity contribution >= 4 is 38.5 Å². The number of furan rings is 1. The van der Waals surface area contributed by atoms with Gasteiger partial charge in [-0.3, -0.25) is 4.79 Å². The summed E-state index contributed by atoms with van der Waals surface area (Å²) in [6.07, 6.45) is 0. The first-order chi connectivity index (χ1) is 11.7. The van der Waals surface area contributed by atoms with Crippen molar-refractivity contribution in [1.82, 2.24) is 0 Å². The highest BCUT2D eigenvalue weighted by atomic mass is 79.9. The van der Waals surface area contributed by atoms with Gasteiger partial charge in [-0.25, -0.2) is 0 Å². The second-order valence-corrected chi connectivity index (χ2v) is 7.51. The molecular weight excluding hydrogens is 382 g/mol. The highest BCUT2D eigenvalue weighted by Crippen LogP contribution is 2.37. The molecule has 0 radical (unpaired) electrons. The van der Waals surface area contributed by atoms with E-state index in [9.17, 15) is 9.90 Å². The predicted molar refractivity (Wildman–Crippen MR) is 103 cm³/mol. The highest BCUT2D eigenvalue weighted by Gasteiger charge is 2.26. The van der Waals surface area contributed by atoms with Crippen LogP contribution >= 0.6 is 15.9 Å². The number of anilines is 1. The predicted octanol–water partition coefficient (Wildman–Crippen LogP) is 5.29. The van der Waals surface area contributed by atoms with E-state index in [1.54, 1.807) is 19.9 Å². The van der Waals surface area contributed by atoms with E-state index in [1.165, 1.54) is 0 Å². The largest absolute Gasteiger partial charge is 0.459 e. The average Bonchev–Trinajstić information content (AvgIpc) is 2.84. The zero-order chi connectivity index (χ0) is 18.4. The van der Waals surface area contributed by atoms with Crippen LogP contribution in [-0.4, -0.2) is 11.0 Å². The Labute approximate surface area is 155 Å². The fourth-order valence-electron chi connectivity index (χ4n) is 3.20. The number of para-hydroxylation sites is 1. The van der Waals surface area contributed by atoms with Gasteiger partial charge in [0.1, 0.15) is 5.76 Å². The highest BCUT2D eigenvalue weighted by molar-refractivity contribution is 9.10. The van der Waals surface area contributed by atoms with Gasteiger partial charge in [0.15, 0.2) is 5.58 Å². The average molecular weight is 402 g/mol. The van der Waals surface area contributed by atoms with Crippen molar-refractivity contribution in [3.63, 3.8) is 0 Å². The SMILES string of the molecule is Cc1cccc(Br)c1C(=O)Nc1cccc2c(C(C)(C)O)c(C)oc12. The molecule has 3 rings (SSSR count). The van der Waals surface area contributed by atoms with Crippen molar-refractivity contribution in [2.45, 2.75) is 33.3 Å². The Balaban J connectivity index is 2.07. The molecule has 4 nitrogen and oxygen atoms in total. The molecule has 2 aromatic carbocycles. The molecule has 0 spiro atoms. The Kier molecular flexibility index (Phi) is 4.47. The Bertz CT molecular complexity index is 947. The molecule has 0 unspecified atom stereocenters. The van der Waals surface area contributed by atoms with Crippen molar-refractivity contribution < 1.29 is 14.3 Å². The number of amides is 1. The number of halogens is 1. The number of hydrogen-bond donors (Lipinski definition) is 2. The summed E-state index contributed by atoms with van der Waals surface area (Å²) in [5, 5.41) is 14.2. The summed E-state index contributed by atoms with van der Waals surface area (Å²) in [6.45, 7) is 7.15. The molecule has 130 valence electrons. The zero-order valence-electron chi connectivity index (χ0n) is 14.6. The molecule has 1 heterocycles. The third-order valence-electron chi connectivity index (χ3n) is 4.20. The van der Waals surface area contributed by atoms with Crippen molar-refractivity contribution in [3.8, 4) is 0 Å². The number of aliphatic hydroxyl groups is 1. The molecule has 0 saturated carbocycles. The topological polar surface area (TPSA) is 62.5 Å². The van der Waals surface area contributed by atoms with Crippen LogP contribution in [0.25, 0.3) is 11.0 Å². The Morgan fingerprint density at radius 2 is 1.84 bits per heavy atom. The number of benzene rings is 2. The Hall–Kier alpha value is -2.11. The maximum Gasteiger partial charge on any atom is 0.257 e. The lowest BCUT2D eigenvalue weighted by molar-refractivity contribution is 0.0783. The van der Waals surface area contributed by atoms with Gasteiger partial charge in [0.2, 0.25) is 0 Å². The molecule has 3 aromatic rings. The van der Waals surface area contributed by atoms with E-state index in [0.29, 0.717) is 22.6 Å². The number of aryl methyl sites for hydroxylation is 2. The Morgan fingerprint density at radius 1 is 1.16 bits per heavy atom. The smallest absolute Gasteiger partial charge is 0.257 e. The fraction of sp³-hybridized carbons (Fsp3) is 0.250. The van der Waals surface area contributed by atoms with Crippen LogP contribution in [-0.2, 0) is 5.60 Å². The third kappa shape index (κ3) is 3.22. The summed E-state index contributed by atoms with van der Waals surface area (Å²) in [7, 11) is 0. The minimum absolute atomic E-state index is 0.212. The van der Waals surface area contributed by atoms with Crippen LogP contribution in [0.2, 0.25) is 0 Å². The zero-order valence-corrected chi connectivity index (χ0v) is 16.2. The van der Waals surface area contributed by atoms with Gasteiger partial charge in [-0.1, -0.05) is 24.3 Å². The summed E-state index contributed by atoms with van der Waals surface area (Å²) in [5.74, 6) is 0.428. The van der Waals surface area contributed by atoms with Crippen molar-refractivity contribution in [2.75, 3.05) is 5.32 Å². The first kappa shape index (κ1) is 17.7. The lowest BCUT2D eigenvalue weighted by Gasteiger charge is -2.17. The van der Waals surface area contributed by atoms with Crippen molar-refractivity contribution in [2.24, 2.45) is 0 Å². The molecular formula is C20H20BrNO3. The monoisotopic (exact) mass is 401 g/mol. The van der Waals surface area contributed by atoms with Gasteiger partial charge < -0.3 is 14.8 Å². The van der Waals surface area contributed by atoms with Crippen LogP contribution in [0.4, 0.5) is 5.69 Å². The number of nitrogens with one attached hydrogen (secondary N) is 1. The maximum absolute atomic E-state index is 12.8. The summed E-state index contributed by atoms with van der Waals surface area (Å²) in [6, 6.07) is 11.1. The fourth-order valence-corrected chi connectivity index (χ4v) is 3.85. The molecule has 0 saturated heterocycles. The van der Waals surface area contributed by atoms with Crippen LogP contribution in [0.15, 0.2) is 45.3 Å². The molecule has 5 heteroatoms. The normalized spacial score (nSPS) is 11.8.